The Morgan fingerprint density at radius 2 is 1.85 bits per heavy atom. The molecule has 1 amide bonds. The van der Waals surface area contributed by atoms with Crippen LogP contribution in [0.4, 0.5) is 10.5 Å². The molecule has 0 aromatic heterocycles. The molecule has 26 heavy (non-hydrogen) atoms. The van der Waals surface area contributed by atoms with Gasteiger partial charge in [-0.15, -0.1) is 0 Å². The number of methoxy groups -OCH3 is 1. The summed E-state index contributed by atoms with van der Waals surface area (Å²) in [5.74, 6) is 1.13. The van der Waals surface area contributed by atoms with Crippen LogP contribution in [-0.4, -0.2) is 37.6 Å². The normalized spacial score (nSPS) is 10.3. The number of nitrogens with one attached hydrogen (secondary N) is 1. The number of amides is 1. The number of hydrogen-bond acceptors (Lipinski definition) is 7. The van der Waals surface area contributed by atoms with Crippen LogP contribution < -0.4 is 14.9 Å². The van der Waals surface area contributed by atoms with Gasteiger partial charge in [-0.3, -0.25) is 10.1 Å². The molecule has 2 aromatic rings. The summed E-state index contributed by atoms with van der Waals surface area (Å²) in [6.45, 7) is 0.567. The van der Waals surface area contributed by atoms with Crippen LogP contribution in [0.25, 0.3) is 0 Å². The SMILES string of the molecule is COC(=O)N/N=C/c1cccc(OCCOc2ccc([N+](=O)[O-])cc2)c1. The van der Waals surface area contributed by atoms with Crippen molar-refractivity contribution in [2.24, 2.45) is 5.10 Å². The molecule has 0 radical (unpaired) electrons. The number of non-ortho nitro benzene ring substituents is 1. The topological polar surface area (TPSA) is 112 Å². The van der Waals surface area contributed by atoms with Crippen LogP contribution in [0, 0.1) is 10.1 Å². The van der Waals surface area contributed by atoms with Crippen molar-refractivity contribution in [3.8, 4) is 11.5 Å². The number of ether oxygens (including phenoxy) is 3. The Balaban J connectivity index is 1.78. The maximum absolute atomic E-state index is 10.9. The quantitative estimate of drug-likeness (QED) is 0.336. The van der Waals surface area contributed by atoms with Gasteiger partial charge in [0.1, 0.15) is 24.7 Å². The zero-order valence-electron chi connectivity index (χ0n) is 14.0. The van der Waals surface area contributed by atoms with Crippen molar-refractivity contribution in [2.75, 3.05) is 20.3 Å². The van der Waals surface area contributed by atoms with Gasteiger partial charge in [0.2, 0.25) is 0 Å². The third-order valence-electron chi connectivity index (χ3n) is 3.08. The monoisotopic (exact) mass is 359 g/mol. The Kier molecular flexibility index (Phi) is 6.93. The van der Waals surface area contributed by atoms with Gasteiger partial charge in [-0.25, -0.2) is 10.2 Å². The summed E-state index contributed by atoms with van der Waals surface area (Å²) in [5.41, 5.74) is 2.93. The number of nitro groups is 1. The Labute approximate surface area is 149 Å². The zero-order chi connectivity index (χ0) is 18.8. The van der Waals surface area contributed by atoms with Gasteiger partial charge < -0.3 is 14.2 Å². The summed E-state index contributed by atoms with van der Waals surface area (Å²) in [6.07, 6.45) is 0.800. The van der Waals surface area contributed by atoms with Crippen LogP contribution in [0.15, 0.2) is 53.6 Å². The van der Waals surface area contributed by atoms with E-state index in [1.54, 1.807) is 24.3 Å². The van der Waals surface area contributed by atoms with Gasteiger partial charge in [-0.2, -0.15) is 5.10 Å². The van der Waals surface area contributed by atoms with Gasteiger partial charge in [-0.1, -0.05) is 12.1 Å². The van der Waals surface area contributed by atoms with Crippen LogP contribution in [0.1, 0.15) is 5.56 Å². The fourth-order valence-electron chi connectivity index (χ4n) is 1.87. The van der Waals surface area contributed by atoms with Gasteiger partial charge in [0, 0.05) is 12.1 Å². The average molecular weight is 359 g/mol. The largest absolute Gasteiger partial charge is 0.490 e. The molecule has 0 bridgehead atoms. The number of carbonyl (C=O) groups is 1. The molecule has 0 atom stereocenters. The van der Waals surface area contributed by atoms with Gasteiger partial charge in [0.15, 0.2) is 0 Å². The van der Waals surface area contributed by atoms with Crippen molar-refractivity contribution in [3.05, 3.63) is 64.2 Å². The minimum absolute atomic E-state index is 0.00812. The third kappa shape index (κ3) is 6.11. The number of nitrogens with zero attached hydrogens (tertiary/aromatic N) is 2. The van der Waals surface area contributed by atoms with Gasteiger partial charge in [0.05, 0.1) is 18.2 Å². The lowest BCUT2D eigenvalue weighted by molar-refractivity contribution is -0.384. The number of hydrazone groups is 1. The molecular weight excluding hydrogens is 342 g/mol. The van der Waals surface area contributed by atoms with Crippen LogP contribution in [0.5, 0.6) is 11.5 Å². The fourth-order valence-corrected chi connectivity index (χ4v) is 1.87. The summed E-state index contributed by atoms with van der Waals surface area (Å²) in [6, 6.07) is 12.9. The Bertz CT molecular complexity index is 776. The molecule has 0 fully saturated rings. The highest BCUT2D eigenvalue weighted by Gasteiger charge is 2.04. The summed E-state index contributed by atoms with van der Waals surface area (Å²) in [5, 5.41) is 14.3. The maximum Gasteiger partial charge on any atom is 0.427 e. The molecule has 2 aromatic carbocycles. The molecule has 0 aliphatic carbocycles. The van der Waals surface area contributed by atoms with E-state index >= 15 is 0 Å². The molecule has 0 unspecified atom stereocenters. The van der Waals surface area contributed by atoms with Gasteiger partial charge in [-0.05, 0) is 29.8 Å². The minimum atomic E-state index is -0.656. The lowest BCUT2D eigenvalue weighted by atomic mass is 10.2. The highest BCUT2D eigenvalue weighted by Crippen LogP contribution is 2.17. The Morgan fingerprint density at radius 3 is 2.50 bits per heavy atom. The lowest BCUT2D eigenvalue weighted by Gasteiger charge is -2.08. The summed E-state index contributed by atoms with van der Waals surface area (Å²) in [7, 11) is 1.25. The van der Waals surface area contributed by atoms with E-state index in [0.29, 0.717) is 11.5 Å². The molecule has 0 saturated heterocycles. The van der Waals surface area contributed by atoms with E-state index in [2.05, 4.69) is 15.3 Å². The van der Waals surface area contributed by atoms with Crippen molar-refractivity contribution in [1.82, 2.24) is 5.43 Å². The molecule has 9 nitrogen and oxygen atoms in total. The van der Waals surface area contributed by atoms with E-state index in [0.717, 1.165) is 5.56 Å². The molecule has 0 aliphatic heterocycles. The zero-order valence-corrected chi connectivity index (χ0v) is 14.0. The second-order valence-corrected chi connectivity index (χ2v) is 4.88. The Morgan fingerprint density at radius 1 is 1.15 bits per heavy atom. The highest BCUT2D eigenvalue weighted by atomic mass is 16.6. The number of rotatable bonds is 8. The van der Waals surface area contributed by atoms with Crippen molar-refractivity contribution in [2.45, 2.75) is 0 Å². The number of hydrogen-bond donors (Lipinski definition) is 1. The van der Waals surface area contributed by atoms with Crippen LogP contribution in [0.2, 0.25) is 0 Å². The van der Waals surface area contributed by atoms with Crippen LogP contribution in [0.3, 0.4) is 0 Å². The summed E-state index contributed by atoms with van der Waals surface area (Å²) < 4.78 is 15.4. The first-order valence-electron chi connectivity index (χ1n) is 7.55. The van der Waals surface area contributed by atoms with Crippen LogP contribution >= 0.6 is 0 Å². The van der Waals surface area contributed by atoms with E-state index in [-0.39, 0.29) is 18.9 Å². The number of benzene rings is 2. The van der Waals surface area contributed by atoms with E-state index < -0.39 is 11.0 Å². The molecular formula is C17H17N3O6. The van der Waals surface area contributed by atoms with Gasteiger partial charge >= 0.3 is 6.09 Å². The van der Waals surface area contributed by atoms with Crippen molar-refractivity contribution in [3.63, 3.8) is 0 Å². The van der Waals surface area contributed by atoms with Crippen molar-refractivity contribution >= 4 is 18.0 Å². The van der Waals surface area contributed by atoms with Gasteiger partial charge in [0.25, 0.3) is 5.69 Å². The predicted octanol–water partition coefficient (Wildman–Crippen LogP) is 2.74. The van der Waals surface area contributed by atoms with E-state index in [4.69, 9.17) is 9.47 Å². The average Bonchev–Trinajstić information content (AvgIpc) is 2.66. The highest BCUT2D eigenvalue weighted by molar-refractivity contribution is 5.81. The van der Waals surface area contributed by atoms with E-state index in [1.807, 2.05) is 0 Å². The molecule has 136 valence electrons. The smallest absolute Gasteiger partial charge is 0.427 e. The summed E-state index contributed by atoms with van der Waals surface area (Å²) >= 11 is 0. The first kappa shape index (κ1) is 18.7. The fraction of sp³-hybridized carbons (Fsp3) is 0.176. The maximum atomic E-state index is 10.9. The molecule has 0 heterocycles. The first-order chi connectivity index (χ1) is 12.6. The predicted molar refractivity (Wildman–Crippen MR) is 93.7 cm³/mol. The van der Waals surface area contributed by atoms with Crippen LogP contribution in [-0.2, 0) is 4.74 Å². The molecule has 2 rings (SSSR count). The molecule has 0 saturated carbocycles. The van der Waals surface area contributed by atoms with E-state index in [1.165, 1.54) is 37.6 Å². The summed E-state index contributed by atoms with van der Waals surface area (Å²) in [4.78, 5) is 21.0. The Hall–Kier alpha value is -3.62. The second-order valence-electron chi connectivity index (χ2n) is 4.88. The number of nitro benzene ring substituents is 1. The lowest BCUT2D eigenvalue weighted by Crippen LogP contribution is -2.16. The molecule has 1 N–H and O–H groups in total. The number of carbonyl (C=O) groups excluding carboxylic acids is 1. The van der Waals surface area contributed by atoms with Crippen molar-refractivity contribution < 1.29 is 23.9 Å². The molecule has 9 heteroatoms. The second kappa shape index (κ2) is 9.62. The third-order valence-corrected chi connectivity index (χ3v) is 3.08. The minimum Gasteiger partial charge on any atom is -0.490 e. The molecule has 0 aliphatic rings. The first-order valence-corrected chi connectivity index (χ1v) is 7.55. The standard InChI is InChI=1S/C17H17N3O6/c1-24-17(21)19-18-12-13-3-2-4-16(11-13)26-10-9-25-15-7-5-14(6-8-15)20(22)23/h2-8,11-12H,9-10H2,1H3,(H,19,21)/b18-12+. The van der Waals surface area contributed by atoms with Crippen molar-refractivity contribution in [1.29, 1.82) is 0 Å². The van der Waals surface area contributed by atoms with E-state index in [9.17, 15) is 14.9 Å². The molecule has 0 spiro atoms.